The molecule has 0 saturated carbocycles. The Morgan fingerprint density at radius 2 is 2.06 bits per heavy atom. The van der Waals surface area contributed by atoms with Crippen molar-refractivity contribution in [3.8, 4) is 0 Å². The molecule has 0 amide bonds. The maximum absolute atomic E-state index is 6.03. The van der Waals surface area contributed by atoms with E-state index in [2.05, 4.69) is 25.7 Å². The van der Waals surface area contributed by atoms with Crippen molar-refractivity contribution in [3.05, 3.63) is 23.2 Å². The van der Waals surface area contributed by atoms with Gasteiger partial charge in [0.15, 0.2) is 0 Å². The summed E-state index contributed by atoms with van der Waals surface area (Å²) in [6.45, 7) is 8.58. The molecule has 90 valence electrons. The molecule has 2 N–H and O–H groups in total. The average Bonchev–Trinajstić information content (AvgIpc) is 2.29. The smallest absolute Gasteiger partial charge is 0.0741 e. The summed E-state index contributed by atoms with van der Waals surface area (Å²) in [4.78, 5) is 2.29. The largest absolute Gasteiger partial charge is 0.396 e. The van der Waals surface area contributed by atoms with E-state index in [9.17, 15) is 0 Å². The van der Waals surface area contributed by atoms with E-state index in [1.54, 1.807) is 0 Å². The van der Waals surface area contributed by atoms with Crippen LogP contribution >= 0.6 is 11.6 Å². The van der Waals surface area contributed by atoms with Gasteiger partial charge in [0.25, 0.3) is 0 Å². The summed E-state index contributed by atoms with van der Waals surface area (Å²) in [6, 6.07) is 5.82. The molecule has 0 aliphatic rings. The standard InChI is InChI=1S/C13H21ClN2/c1-4-10(3)9-16(5-2)12-8-6-7-11(14)13(12)15/h6-8,10H,4-5,9,15H2,1-3H3. The molecule has 1 aromatic rings. The van der Waals surface area contributed by atoms with Crippen molar-refractivity contribution >= 4 is 23.0 Å². The van der Waals surface area contributed by atoms with Crippen molar-refractivity contribution in [2.45, 2.75) is 27.2 Å². The maximum atomic E-state index is 6.03. The van der Waals surface area contributed by atoms with E-state index in [0.29, 0.717) is 16.6 Å². The minimum atomic E-state index is 0.639. The summed E-state index contributed by atoms with van der Waals surface area (Å²) < 4.78 is 0. The molecular weight excluding hydrogens is 220 g/mol. The van der Waals surface area contributed by atoms with E-state index < -0.39 is 0 Å². The number of rotatable bonds is 5. The van der Waals surface area contributed by atoms with Crippen LogP contribution in [0.2, 0.25) is 5.02 Å². The van der Waals surface area contributed by atoms with Crippen LogP contribution in [0.1, 0.15) is 27.2 Å². The Balaban J connectivity index is 2.90. The predicted octanol–water partition coefficient (Wildman–Crippen LogP) is 3.79. The van der Waals surface area contributed by atoms with Gasteiger partial charge in [-0.3, -0.25) is 0 Å². The van der Waals surface area contributed by atoms with Gasteiger partial charge in [0.2, 0.25) is 0 Å². The molecule has 0 saturated heterocycles. The van der Waals surface area contributed by atoms with E-state index in [1.165, 1.54) is 6.42 Å². The lowest BCUT2D eigenvalue weighted by Gasteiger charge is -2.27. The quantitative estimate of drug-likeness (QED) is 0.794. The SMILES string of the molecule is CCC(C)CN(CC)c1cccc(Cl)c1N. The first-order valence-electron chi connectivity index (χ1n) is 5.89. The molecule has 0 radical (unpaired) electrons. The fraction of sp³-hybridized carbons (Fsp3) is 0.538. The highest BCUT2D eigenvalue weighted by Crippen LogP contribution is 2.30. The van der Waals surface area contributed by atoms with Gasteiger partial charge >= 0.3 is 0 Å². The molecule has 2 nitrogen and oxygen atoms in total. The fourth-order valence-corrected chi connectivity index (χ4v) is 1.87. The first-order chi connectivity index (χ1) is 7.60. The van der Waals surface area contributed by atoms with Crippen LogP contribution in [-0.4, -0.2) is 13.1 Å². The lowest BCUT2D eigenvalue weighted by Crippen LogP contribution is -2.28. The monoisotopic (exact) mass is 240 g/mol. The second kappa shape index (κ2) is 6.00. The third kappa shape index (κ3) is 3.05. The van der Waals surface area contributed by atoms with Crippen LogP contribution in [0.25, 0.3) is 0 Å². The van der Waals surface area contributed by atoms with Crippen LogP contribution in [0.5, 0.6) is 0 Å². The Bertz CT molecular complexity index is 339. The number of nitrogens with two attached hydrogens (primary N) is 1. The van der Waals surface area contributed by atoms with Crippen molar-refractivity contribution in [2.75, 3.05) is 23.7 Å². The molecule has 0 bridgehead atoms. The van der Waals surface area contributed by atoms with Gasteiger partial charge in [0.05, 0.1) is 16.4 Å². The first kappa shape index (κ1) is 13.2. The molecule has 1 atom stereocenters. The predicted molar refractivity (Wildman–Crippen MR) is 73.2 cm³/mol. The second-order valence-electron chi connectivity index (χ2n) is 4.22. The van der Waals surface area contributed by atoms with Gasteiger partial charge in [-0.2, -0.15) is 0 Å². The van der Waals surface area contributed by atoms with Crippen LogP contribution < -0.4 is 10.6 Å². The lowest BCUT2D eigenvalue weighted by atomic mass is 10.1. The van der Waals surface area contributed by atoms with Gasteiger partial charge in [0.1, 0.15) is 0 Å². The molecule has 1 aromatic carbocycles. The Hall–Kier alpha value is -0.890. The average molecular weight is 241 g/mol. The van der Waals surface area contributed by atoms with Crippen LogP contribution in [-0.2, 0) is 0 Å². The first-order valence-corrected chi connectivity index (χ1v) is 6.26. The summed E-state index contributed by atoms with van der Waals surface area (Å²) in [5, 5.41) is 0.639. The number of nitrogens with zero attached hydrogens (tertiary/aromatic N) is 1. The van der Waals surface area contributed by atoms with Crippen molar-refractivity contribution in [2.24, 2.45) is 5.92 Å². The van der Waals surface area contributed by atoms with Crippen LogP contribution in [0.4, 0.5) is 11.4 Å². The minimum Gasteiger partial charge on any atom is -0.396 e. The highest BCUT2D eigenvalue weighted by Gasteiger charge is 2.12. The van der Waals surface area contributed by atoms with Crippen molar-refractivity contribution in [1.29, 1.82) is 0 Å². The topological polar surface area (TPSA) is 29.3 Å². The minimum absolute atomic E-state index is 0.639. The zero-order chi connectivity index (χ0) is 12.1. The highest BCUT2D eigenvalue weighted by atomic mass is 35.5. The summed E-state index contributed by atoms with van der Waals surface area (Å²) >= 11 is 6.03. The van der Waals surface area contributed by atoms with E-state index in [1.807, 2.05) is 18.2 Å². The number of hydrogen-bond acceptors (Lipinski definition) is 2. The van der Waals surface area contributed by atoms with Gasteiger partial charge in [0, 0.05) is 13.1 Å². The number of anilines is 2. The Morgan fingerprint density at radius 1 is 1.38 bits per heavy atom. The molecule has 0 aliphatic heterocycles. The van der Waals surface area contributed by atoms with Crippen molar-refractivity contribution in [1.82, 2.24) is 0 Å². The van der Waals surface area contributed by atoms with Gasteiger partial charge in [-0.1, -0.05) is 37.9 Å². The summed E-state index contributed by atoms with van der Waals surface area (Å²) in [5.74, 6) is 0.665. The van der Waals surface area contributed by atoms with Gasteiger partial charge in [-0.05, 0) is 25.0 Å². The zero-order valence-electron chi connectivity index (χ0n) is 10.3. The molecule has 1 rings (SSSR count). The molecular formula is C13H21ClN2. The van der Waals surface area contributed by atoms with Gasteiger partial charge in [-0.15, -0.1) is 0 Å². The van der Waals surface area contributed by atoms with E-state index in [4.69, 9.17) is 17.3 Å². The summed E-state index contributed by atoms with van der Waals surface area (Å²) in [6.07, 6.45) is 1.18. The third-order valence-electron chi connectivity index (χ3n) is 2.98. The second-order valence-corrected chi connectivity index (χ2v) is 4.63. The number of halogens is 1. The maximum Gasteiger partial charge on any atom is 0.0741 e. The van der Waals surface area contributed by atoms with Crippen LogP contribution in [0, 0.1) is 5.92 Å². The lowest BCUT2D eigenvalue weighted by molar-refractivity contribution is 0.548. The number of nitrogen functional groups attached to an aromatic ring is 1. The molecule has 0 aliphatic carbocycles. The third-order valence-corrected chi connectivity index (χ3v) is 3.31. The molecule has 16 heavy (non-hydrogen) atoms. The van der Waals surface area contributed by atoms with Crippen LogP contribution in [0.3, 0.4) is 0 Å². The van der Waals surface area contributed by atoms with E-state index >= 15 is 0 Å². The summed E-state index contributed by atoms with van der Waals surface area (Å²) in [7, 11) is 0. The highest BCUT2D eigenvalue weighted by molar-refractivity contribution is 6.33. The molecule has 0 aromatic heterocycles. The fourth-order valence-electron chi connectivity index (χ4n) is 1.70. The number of benzene rings is 1. The zero-order valence-corrected chi connectivity index (χ0v) is 11.1. The Morgan fingerprint density at radius 3 is 2.62 bits per heavy atom. The Labute approximate surface area is 103 Å². The molecule has 0 spiro atoms. The van der Waals surface area contributed by atoms with Crippen LogP contribution in [0.15, 0.2) is 18.2 Å². The molecule has 0 heterocycles. The van der Waals surface area contributed by atoms with E-state index in [0.717, 1.165) is 18.8 Å². The normalized spacial score (nSPS) is 12.5. The van der Waals surface area contributed by atoms with Gasteiger partial charge in [-0.25, -0.2) is 0 Å². The van der Waals surface area contributed by atoms with Crippen molar-refractivity contribution < 1.29 is 0 Å². The number of hydrogen-bond donors (Lipinski definition) is 1. The van der Waals surface area contributed by atoms with E-state index in [-0.39, 0.29) is 0 Å². The van der Waals surface area contributed by atoms with Gasteiger partial charge < -0.3 is 10.6 Å². The summed E-state index contributed by atoms with van der Waals surface area (Å²) in [5.41, 5.74) is 7.74. The molecule has 3 heteroatoms. The molecule has 0 fully saturated rings. The van der Waals surface area contributed by atoms with Crippen molar-refractivity contribution in [3.63, 3.8) is 0 Å². The number of para-hydroxylation sites is 1. The Kier molecular flexibility index (Phi) is 4.94. The molecule has 1 unspecified atom stereocenters.